The van der Waals surface area contributed by atoms with Crippen LogP contribution in [0.15, 0.2) is 30.6 Å². The van der Waals surface area contributed by atoms with Gasteiger partial charge in [-0.1, -0.05) is 12.1 Å². The average Bonchev–Trinajstić information content (AvgIpc) is 3.15. The monoisotopic (exact) mass is 337 g/mol. The Balaban J connectivity index is 1.55. The summed E-state index contributed by atoms with van der Waals surface area (Å²) in [6.07, 6.45) is 9.84. The van der Waals surface area contributed by atoms with Crippen LogP contribution in [0.25, 0.3) is 0 Å². The van der Waals surface area contributed by atoms with Crippen molar-refractivity contribution in [3.05, 3.63) is 58.4 Å². The number of benzene rings is 1. The zero-order valence-corrected chi connectivity index (χ0v) is 14.6. The molecule has 0 saturated carbocycles. The van der Waals surface area contributed by atoms with E-state index in [-0.39, 0.29) is 5.97 Å². The number of pyridine rings is 1. The van der Waals surface area contributed by atoms with Gasteiger partial charge >= 0.3 is 5.97 Å². The Bertz CT molecular complexity index is 800. The van der Waals surface area contributed by atoms with Crippen LogP contribution in [0.5, 0.6) is 5.75 Å². The zero-order valence-electron chi connectivity index (χ0n) is 14.6. The molecule has 25 heavy (non-hydrogen) atoms. The van der Waals surface area contributed by atoms with Crippen LogP contribution in [0.3, 0.4) is 0 Å². The van der Waals surface area contributed by atoms with E-state index in [0.29, 0.717) is 11.5 Å². The van der Waals surface area contributed by atoms with E-state index in [1.54, 1.807) is 18.5 Å². The molecule has 1 aliphatic carbocycles. The van der Waals surface area contributed by atoms with Crippen molar-refractivity contribution in [2.45, 2.75) is 44.4 Å². The molecule has 1 atom stereocenters. The lowest BCUT2D eigenvalue weighted by Crippen LogP contribution is -2.13. The first-order chi connectivity index (χ1) is 12.3. The van der Waals surface area contributed by atoms with E-state index in [4.69, 9.17) is 9.47 Å². The average molecular weight is 337 g/mol. The third-order valence-corrected chi connectivity index (χ3v) is 5.49. The normalized spacial score (nSPS) is 18.2. The SMILES string of the molecule is COC(=O)c1ccncc1CCC1CCCc2c1ccc1c2OCC1. The smallest absolute Gasteiger partial charge is 0.338 e. The lowest BCUT2D eigenvalue weighted by molar-refractivity contribution is 0.0599. The fourth-order valence-electron chi connectivity index (χ4n) is 4.22. The first-order valence-electron chi connectivity index (χ1n) is 9.06. The van der Waals surface area contributed by atoms with Crippen molar-refractivity contribution in [2.24, 2.45) is 0 Å². The highest BCUT2D eigenvalue weighted by atomic mass is 16.5. The molecule has 2 aromatic rings. The summed E-state index contributed by atoms with van der Waals surface area (Å²) in [5.41, 5.74) is 5.82. The van der Waals surface area contributed by atoms with E-state index in [1.165, 1.54) is 36.6 Å². The number of carbonyl (C=O) groups excluding carboxylic acids is 1. The Labute approximate surface area is 148 Å². The number of hydrogen-bond acceptors (Lipinski definition) is 4. The number of rotatable bonds is 4. The van der Waals surface area contributed by atoms with Gasteiger partial charge in [0.1, 0.15) is 5.75 Å². The summed E-state index contributed by atoms with van der Waals surface area (Å²) in [7, 11) is 1.42. The maximum Gasteiger partial charge on any atom is 0.338 e. The van der Waals surface area contributed by atoms with E-state index >= 15 is 0 Å². The fourth-order valence-corrected chi connectivity index (χ4v) is 4.22. The van der Waals surface area contributed by atoms with Gasteiger partial charge in [0.05, 0.1) is 19.3 Å². The van der Waals surface area contributed by atoms with Crippen LogP contribution in [0.2, 0.25) is 0 Å². The van der Waals surface area contributed by atoms with Gasteiger partial charge in [0.15, 0.2) is 0 Å². The Morgan fingerprint density at radius 3 is 3.12 bits per heavy atom. The first-order valence-corrected chi connectivity index (χ1v) is 9.06. The van der Waals surface area contributed by atoms with Crippen LogP contribution in [0, 0.1) is 0 Å². The van der Waals surface area contributed by atoms with Crippen molar-refractivity contribution in [3.8, 4) is 5.75 Å². The van der Waals surface area contributed by atoms with Gasteiger partial charge in [-0.15, -0.1) is 0 Å². The van der Waals surface area contributed by atoms with Gasteiger partial charge in [-0.3, -0.25) is 4.98 Å². The zero-order chi connectivity index (χ0) is 17.2. The van der Waals surface area contributed by atoms with Crippen LogP contribution in [0.1, 0.15) is 57.8 Å². The Morgan fingerprint density at radius 1 is 1.32 bits per heavy atom. The van der Waals surface area contributed by atoms with Gasteiger partial charge in [-0.25, -0.2) is 4.79 Å². The van der Waals surface area contributed by atoms with E-state index in [1.807, 2.05) is 0 Å². The van der Waals surface area contributed by atoms with E-state index in [9.17, 15) is 4.79 Å². The molecule has 2 aliphatic rings. The second-order valence-corrected chi connectivity index (χ2v) is 6.87. The van der Waals surface area contributed by atoms with E-state index in [0.717, 1.165) is 43.6 Å². The van der Waals surface area contributed by atoms with Crippen molar-refractivity contribution in [1.82, 2.24) is 4.98 Å². The second kappa shape index (κ2) is 6.87. The van der Waals surface area contributed by atoms with E-state index < -0.39 is 0 Å². The highest BCUT2D eigenvalue weighted by molar-refractivity contribution is 5.90. The third-order valence-electron chi connectivity index (χ3n) is 5.49. The largest absolute Gasteiger partial charge is 0.493 e. The van der Waals surface area contributed by atoms with E-state index in [2.05, 4.69) is 17.1 Å². The molecular weight excluding hydrogens is 314 g/mol. The number of ether oxygens (including phenoxy) is 2. The third kappa shape index (κ3) is 3.01. The quantitative estimate of drug-likeness (QED) is 0.795. The number of hydrogen-bond donors (Lipinski definition) is 0. The molecule has 130 valence electrons. The molecule has 0 amide bonds. The highest BCUT2D eigenvalue weighted by Gasteiger charge is 2.27. The summed E-state index contributed by atoms with van der Waals surface area (Å²) in [6.45, 7) is 0.814. The van der Waals surface area contributed by atoms with Crippen molar-refractivity contribution in [1.29, 1.82) is 0 Å². The van der Waals surface area contributed by atoms with Crippen molar-refractivity contribution < 1.29 is 14.3 Å². The standard InChI is InChI=1S/C21H23NO3/c1-24-21(23)18-9-11-22-13-16(18)6-5-14-3-2-4-19-17(14)8-7-15-10-12-25-20(15)19/h7-9,11,13-14H,2-6,10,12H2,1H3. The van der Waals surface area contributed by atoms with Crippen LogP contribution in [-0.2, 0) is 24.0 Å². The minimum Gasteiger partial charge on any atom is -0.493 e. The predicted molar refractivity (Wildman–Crippen MR) is 95.2 cm³/mol. The van der Waals surface area contributed by atoms with Gasteiger partial charge in [-0.2, -0.15) is 0 Å². The van der Waals surface area contributed by atoms with Gasteiger partial charge in [-0.05, 0) is 66.3 Å². The Morgan fingerprint density at radius 2 is 2.24 bits per heavy atom. The number of aryl methyl sites for hydroxylation is 1. The molecule has 4 rings (SSSR count). The number of fused-ring (bicyclic) bond motifs is 3. The topological polar surface area (TPSA) is 48.4 Å². The molecule has 1 aromatic carbocycles. The van der Waals surface area contributed by atoms with Gasteiger partial charge in [0.25, 0.3) is 0 Å². The molecule has 0 N–H and O–H groups in total. The molecule has 0 spiro atoms. The van der Waals surface area contributed by atoms with Crippen LogP contribution in [-0.4, -0.2) is 24.7 Å². The van der Waals surface area contributed by atoms with Gasteiger partial charge < -0.3 is 9.47 Å². The van der Waals surface area contributed by atoms with Gasteiger partial charge in [0, 0.05) is 18.8 Å². The van der Waals surface area contributed by atoms with Crippen molar-refractivity contribution >= 4 is 5.97 Å². The predicted octanol–water partition coefficient (Wildman–Crippen LogP) is 3.86. The molecule has 2 heterocycles. The molecule has 0 fully saturated rings. The molecule has 0 bridgehead atoms. The maximum atomic E-state index is 11.9. The summed E-state index contributed by atoms with van der Waals surface area (Å²) < 4.78 is 10.8. The first kappa shape index (κ1) is 16.1. The number of nitrogens with zero attached hydrogens (tertiary/aromatic N) is 1. The second-order valence-electron chi connectivity index (χ2n) is 6.87. The van der Waals surface area contributed by atoms with Crippen LogP contribution in [0.4, 0.5) is 0 Å². The lowest BCUT2D eigenvalue weighted by atomic mass is 9.78. The van der Waals surface area contributed by atoms with Crippen LogP contribution >= 0.6 is 0 Å². The number of methoxy groups -OCH3 is 1. The van der Waals surface area contributed by atoms with Crippen LogP contribution < -0.4 is 4.74 Å². The lowest BCUT2D eigenvalue weighted by Gasteiger charge is -2.27. The molecule has 0 saturated heterocycles. The van der Waals surface area contributed by atoms with Gasteiger partial charge in [0.2, 0.25) is 0 Å². The maximum absolute atomic E-state index is 11.9. The Hall–Kier alpha value is -2.36. The summed E-state index contributed by atoms with van der Waals surface area (Å²) in [4.78, 5) is 16.1. The number of aromatic nitrogens is 1. The molecular formula is C21H23NO3. The minimum absolute atomic E-state index is 0.285. The summed E-state index contributed by atoms with van der Waals surface area (Å²) >= 11 is 0. The molecule has 4 nitrogen and oxygen atoms in total. The molecule has 4 heteroatoms. The molecule has 1 aliphatic heterocycles. The minimum atomic E-state index is -0.285. The van der Waals surface area contributed by atoms with Crippen molar-refractivity contribution in [3.63, 3.8) is 0 Å². The summed E-state index contributed by atoms with van der Waals surface area (Å²) in [6, 6.07) is 6.29. The highest BCUT2D eigenvalue weighted by Crippen LogP contribution is 2.42. The number of carbonyl (C=O) groups is 1. The summed E-state index contributed by atoms with van der Waals surface area (Å²) in [5, 5.41) is 0. The fraction of sp³-hybridized carbons (Fsp3) is 0.429. The molecule has 1 unspecified atom stereocenters. The van der Waals surface area contributed by atoms with Crippen molar-refractivity contribution in [2.75, 3.05) is 13.7 Å². The summed E-state index contributed by atoms with van der Waals surface area (Å²) in [5.74, 6) is 1.38. The molecule has 1 aromatic heterocycles. The Kier molecular flexibility index (Phi) is 4.43. The molecule has 0 radical (unpaired) electrons. The number of esters is 1.